The van der Waals surface area contributed by atoms with Gasteiger partial charge in [-0.15, -0.1) is 17.9 Å². The first-order valence-corrected chi connectivity index (χ1v) is 13.9. The van der Waals surface area contributed by atoms with Crippen molar-refractivity contribution in [3.63, 3.8) is 0 Å². The summed E-state index contributed by atoms with van der Waals surface area (Å²) in [5, 5.41) is 3.40. The number of carbonyl (C=O) groups is 1. The van der Waals surface area contributed by atoms with E-state index in [1.807, 2.05) is 29.6 Å². The molecule has 0 fully saturated rings. The van der Waals surface area contributed by atoms with Crippen LogP contribution in [0.15, 0.2) is 95.7 Å². The molecule has 0 N–H and O–H groups in total. The minimum Gasteiger partial charge on any atom is -0.330 e. The minimum atomic E-state index is -3.99. The summed E-state index contributed by atoms with van der Waals surface area (Å²) in [6.07, 6.45) is 2.18. The van der Waals surface area contributed by atoms with Gasteiger partial charge in [-0.3, -0.25) is 4.79 Å². The van der Waals surface area contributed by atoms with Crippen LogP contribution < -0.4 is 0 Å². The van der Waals surface area contributed by atoms with Crippen LogP contribution in [-0.2, 0) is 21.2 Å². The van der Waals surface area contributed by atoms with Gasteiger partial charge in [-0.2, -0.15) is 4.31 Å². The summed E-state index contributed by atoms with van der Waals surface area (Å²) in [6, 6.07) is 20.1. The lowest BCUT2D eigenvalue weighted by atomic mass is 9.93. The van der Waals surface area contributed by atoms with Crippen molar-refractivity contribution in [3.8, 4) is 0 Å². The maximum Gasteiger partial charge on any atom is 0.244 e. The lowest BCUT2D eigenvalue weighted by molar-refractivity contribution is -0.133. The second-order valence-electron chi connectivity index (χ2n) is 8.65. The summed E-state index contributed by atoms with van der Waals surface area (Å²) >= 11 is 1.63. The van der Waals surface area contributed by atoms with E-state index in [4.69, 9.17) is 0 Å². The highest BCUT2D eigenvalue weighted by Gasteiger charge is 2.35. The van der Waals surface area contributed by atoms with E-state index in [9.17, 15) is 17.6 Å². The number of benzene rings is 3. The van der Waals surface area contributed by atoms with E-state index in [0.29, 0.717) is 18.4 Å². The molecule has 36 heavy (non-hydrogen) atoms. The quantitative estimate of drug-likeness (QED) is 0.307. The molecule has 2 heterocycles. The number of halogens is 1. The molecule has 1 aliphatic heterocycles. The number of fused-ring (bicyclic) bond motifs is 2. The molecule has 1 atom stereocenters. The molecule has 5 nitrogen and oxygen atoms in total. The number of nitrogens with zero attached hydrogens (tertiary/aromatic N) is 2. The fraction of sp³-hybridized carbons (Fsp3) is 0.179. The lowest BCUT2D eigenvalue weighted by Crippen LogP contribution is -2.46. The largest absolute Gasteiger partial charge is 0.330 e. The first-order valence-electron chi connectivity index (χ1n) is 11.6. The second kappa shape index (κ2) is 9.97. The Hall–Kier alpha value is -3.33. The number of thiophene rings is 1. The Kier molecular flexibility index (Phi) is 6.75. The second-order valence-corrected chi connectivity index (χ2v) is 11.6. The Bertz CT molecular complexity index is 1520. The van der Waals surface area contributed by atoms with E-state index in [0.717, 1.165) is 16.5 Å². The SMILES string of the molecule is C=CCN(CC(=O)N1CCc2sccc2C1c1ccc(F)cc1)S(=O)(=O)c1cccc2ccccc12. The fourth-order valence-corrected chi connectivity index (χ4v) is 7.26. The number of carbonyl (C=O) groups excluding carboxylic acids is 1. The van der Waals surface area contributed by atoms with Gasteiger partial charge in [-0.05, 0) is 52.6 Å². The van der Waals surface area contributed by atoms with E-state index in [1.54, 1.807) is 52.6 Å². The molecule has 1 amide bonds. The zero-order valence-corrected chi connectivity index (χ0v) is 21.1. The van der Waals surface area contributed by atoms with Gasteiger partial charge in [0.2, 0.25) is 15.9 Å². The van der Waals surface area contributed by atoms with Gasteiger partial charge in [0.05, 0.1) is 17.5 Å². The Labute approximate surface area is 214 Å². The number of hydrogen-bond acceptors (Lipinski definition) is 4. The van der Waals surface area contributed by atoms with Gasteiger partial charge in [0.1, 0.15) is 5.82 Å². The van der Waals surface area contributed by atoms with Crippen molar-refractivity contribution in [2.45, 2.75) is 17.4 Å². The highest BCUT2D eigenvalue weighted by Crippen LogP contribution is 2.38. The molecular formula is C28H25FN2O3S2. The molecule has 0 saturated heterocycles. The van der Waals surface area contributed by atoms with E-state index in [1.165, 1.54) is 27.4 Å². The standard InChI is InChI=1S/C28H25FN2O3S2/c1-2-16-30(36(33,34)26-9-5-7-20-6-3-4-8-23(20)26)19-27(32)31-17-14-25-24(15-18-35-25)28(31)21-10-12-22(29)13-11-21/h2-13,15,18,28H,1,14,16-17,19H2. The predicted molar refractivity (Wildman–Crippen MR) is 141 cm³/mol. The maximum absolute atomic E-state index is 13.8. The van der Waals surface area contributed by atoms with Crippen LogP contribution >= 0.6 is 11.3 Å². The third kappa shape index (κ3) is 4.48. The minimum absolute atomic E-state index is 0.00392. The summed E-state index contributed by atoms with van der Waals surface area (Å²) in [5.41, 5.74) is 1.79. The van der Waals surface area contributed by atoms with Gasteiger partial charge in [0.15, 0.2) is 0 Å². The molecule has 1 aliphatic rings. The molecule has 1 aromatic heterocycles. The number of rotatable bonds is 7. The molecule has 0 spiro atoms. The molecule has 5 rings (SSSR count). The van der Waals surface area contributed by atoms with E-state index >= 15 is 0 Å². The Morgan fingerprint density at radius 1 is 1.08 bits per heavy atom. The van der Waals surface area contributed by atoms with Gasteiger partial charge < -0.3 is 4.90 Å². The molecule has 3 aromatic carbocycles. The summed E-state index contributed by atoms with van der Waals surface area (Å²) in [6.45, 7) is 3.84. The van der Waals surface area contributed by atoms with Gasteiger partial charge in [0.25, 0.3) is 0 Å². The molecular weight excluding hydrogens is 495 g/mol. The molecule has 184 valence electrons. The van der Waals surface area contributed by atoms with Crippen LogP contribution in [0, 0.1) is 5.82 Å². The van der Waals surface area contributed by atoms with E-state index in [-0.39, 0.29) is 29.7 Å². The van der Waals surface area contributed by atoms with Crippen LogP contribution in [0.4, 0.5) is 4.39 Å². The first kappa shape index (κ1) is 24.4. The normalized spacial score (nSPS) is 15.7. The van der Waals surface area contributed by atoms with Gasteiger partial charge in [0, 0.05) is 23.4 Å². The Morgan fingerprint density at radius 3 is 2.61 bits per heavy atom. The summed E-state index contributed by atoms with van der Waals surface area (Å²) in [7, 11) is -3.99. The molecule has 4 aromatic rings. The Balaban J connectivity index is 1.49. The van der Waals surface area contributed by atoms with Crippen molar-refractivity contribution in [3.05, 3.63) is 113 Å². The Morgan fingerprint density at radius 2 is 1.83 bits per heavy atom. The first-order chi connectivity index (χ1) is 17.4. The van der Waals surface area contributed by atoms with Crippen LogP contribution in [0.2, 0.25) is 0 Å². The van der Waals surface area contributed by atoms with Crippen molar-refractivity contribution in [2.24, 2.45) is 0 Å². The predicted octanol–water partition coefficient (Wildman–Crippen LogP) is 5.39. The monoisotopic (exact) mass is 520 g/mol. The van der Waals surface area contributed by atoms with Crippen molar-refractivity contribution >= 4 is 38.0 Å². The number of sulfonamides is 1. The van der Waals surface area contributed by atoms with E-state index in [2.05, 4.69) is 6.58 Å². The van der Waals surface area contributed by atoms with Crippen LogP contribution in [-0.4, -0.2) is 43.2 Å². The summed E-state index contributed by atoms with van der Waals surface area (Å²) in [5.74, 6) is -0.664. The molecule has 0 radical (unpaired) electrons. The van der Waals surface area contributed by atoms with Crippen LogP contribution in [0.3, 0.4) is 0 Å². The highest BCUT2D eigenvalue weighted by atomic mass is 32.2. The molecule has 0 bridgehead atoms. The van der Waals surface area contributed by atoms with Crippen LogP contribution in [0.1, 0.15) is 22.0 Å². The van der Waals surface area contributed by atoms with Gasteiger partial charge in [-0.1, -0.05) is 54.6 Å². The lowest BCUT2D eigenvalue weighted by Gasteiger charge is -2.37. The number of amides is 1. The van der Waals surface area contributed by atoms with Gasteiger partial charge in [-0.25, -0.2) is 12.8 Å². The van der Waals surface area contributed by atoms with Crippen molar-refractivity contribution in [1.82, 2.24) is 9.21 Å². The van der Waals surface area contributed by atoms with Crippen molar-refractivity contribution in [1.29, 1.82) is 0 Å². The molecule has 8 heteroatoms. The van der Waals surface area contributed by atoms with E-state index < -0.39 is 16.1 Å². The van der Waals surface area contributed by atoms with Crippen LogP contribution in [0.5, 0.6) is 0 Å². The third-order valence-corrected chi connectivity index (χ3v) is 9.35. The van der Waals surface area contributed by atoms with Crippen molar-refractivity contribution < 1.29 is 17.6 Å². The zero-order chi connectivity index (χ0) is 25.3. The fourth-order valence-electron chi connectivity index (χ4n) is 4.78. The molecule has 0 aliphatic carbocycles. The van der Waals surface area contributed by atoms with Crippen LogP contribution in [0.25, 0.3) is 10.8 Å². The highest BCUT2D eigenvalue weighted by molar-refractivity contribution is 7.89. The van der Waals surface area contributed by atoms with Gasteiger partial charge >= 0.3 is 0 Å². The average molecular weight is 521 g/mol. The molecule has 0 saturated carbocycles. The smallest absolute Gasteiger partial charge is 0.244 e. The summed E-state index contributed by atoms with van der Waals surface area (Å²) in [4.78, 5) is 16.8. The number of hydrogen-bond donors (Lipinski definition) is 0. The van der Waals surface area contributed by atoms with Crippen molar-refractivity contribution in [2.75, 3.05) is 19.6 Å². The third-order valence-electron chi connectivity index (χ3n) is 6.48. The topological polar surface area (TPSA) is 57.7 Å². The maximum atomic E-state index is 13.8. The molecule has 1 unspecified atom stereocenters. The summed E-state index contributed by atoms with van der Waals surface area (Å²) < 4.78 is 42.4. The average Bonchev–Trinajstić information content (AvgIpc) is 3.37. The zero-order valence-electron chi connectivity index (χ0n) is 19.5.